The van der Waals surface area contributed by atoms with Crippen molar-refractivity contribution in [1.82, 2.24) is 4.90 Å². The number of hydrogen-bond acceptors (Lipinski definition) is 6. The molecule has 7 nitrogen and oxygen atoms in total. The molecule has 0 aromatic rings. The quantitative estimate of drug-likeness (QED) is 0.249. The number of aliphatic carboxylic acids is 1. The van der Waals surface area contributed by atoms with Gasteiger partial charge in [0.2, 0.25) is 0 Å². The van der Waals surface area contributed by atoms with Crippen molar-refractivity contribution in [1.29, 1.82) is 0 Å². The molecule has 4 saturated carbocycles. The van der Waals surface area contributed by atoms with Gasteiger partial charge < -0.3 is 19.8 Å². The highest BCUT2D eigenvalue weighted by Crippen LogP contribution is 2.77. The molecule has 2 N–H and O–H groups in total. The minimum Gasteiger partial charge on any atom is -0.481 e. The fraction of sp³-hybridized carbons (Fsp3) is 0.881. The number of rotatable bonds is 8. The number of ketones is 1. The third-order valence-electron chi connectivity index (χ3n) is 16.4. The number of nitrogens with zero attached hydrogens (tertiary/aromatic N) is 1. The molecule has 5 fully saturated rings. The molecule has 1 saturated heterocycles. The number of aliphatic hydroxyl groups is 1. The average molecular weight is 682 g/mol. The number of carboxylic acid groups (broad SMARTS) is 1. The number of carboxylic acids is 1. The third kappa shape index (κ3) is 5.60. The monoisotopic (exact) mass is 681 g/mol. The van der Waals surface area contributed by atoms with Gasteiger partial charge in [-0.05, 0) is 137 Å². The Morgan fingerprint density at radius 2 is 1.57 bits per heavy atom. The fourth-order valence-electron chi connectivity index (χ4n) is 13.5. The number of likely N-dealkylation sites (tertiary alicyclic amines) is 1. The van der Waals surface area contributed by atoms with Crippen molar-refractivity contribution in [3.63, 3.8) is 0 Å². The highest BCUT2D eigenvalue weighted by molar-refractivity contribution is 6.00. The largest absolute Gasteiger partial charge is 0.481 e. The van der Waals surface area contributed by atoms with Crippen LogP contribution in [0, 0.1) is 56.2 Å². The summed E-state index contributed by atoms with van der Waals surface area (Å²) in [6.45, 7) is 22.6. The van der Waals surface area contributed by atoms with Gasteiger partial charge in [-0.2, -0.15) is 0 Å². The Labute approximate surface area is 296 Å². The van der Waals surface area contributed by atoms with Crippen LogP contribution in [-0.4, -0.2) is 64.7 Å². The van der Waals surface area contributed by atoms with Crippen LogP contribution in [0.2, 0.25) is 0 Å². The molecule has 0 spiro atoms. The summed E-state index contributed by atoms with van der Waals surface area (Å²) in [6, 6.07) is 0. The molecular formula is C42H67NO6. The number of piperidine rings is 1. The van der Waals surface area contributed by atoms with Gasteiger partial charge in [-0.1, -0.05) is 60.5 Å². The summed E-state index contributed by atoms with van der Waals surface area (Å²) in [6.07, 6.45) is 11.4. The van der Waals surface area contributed by atoms with Crippen LogP contribution < -0.4 is 0 Å². The Morgan fingerprint density at radius 1 is 0.898 bits per heavy atom. The van der Waals surface area contributed by atoms with E-state index < -0.39 is 28.9 Å². The zero-order chi connectivity index (χ0) is 35.9. The lowest BCUT2D eigenvalue weighted by molar-refractivity contribution is -0.235. The number of allylic oxidation sites excluding steroid dienone is 1. The molecule has 6 aliphatic rings. The summed E-state index contributed by atoms with van der Waals surface area (Å²) in [5.74, 6) is 0.286. The maximum atomic E-state index is 14.0. The van der Waals surface area contributed by atoms with E-state index in [0.29, 0.717) is 30.7 Å². The van der Waals surface area contributed by atoms with Crippen molar-refractivity contribution in [3.8, 4) is 0 Å². The number of fused-ring (bicyclic) bond motifs is 7. The van der Waals surface area contributed by atoms with E-state index in [-0.39, 0.29) is 45.9 Å². The van der Waals surface area contributed by atoms with Gasteiger partial charge in [-0.25, -0.2) is 0 Å². The molecule has 49 heavy (non-hydrogen) atoms. The minimum atomic E-state index is -1.15. The van der Waals surface area contributed by atoms with E-state index in [2.05, 4.69) is 53.4 Å². The van der Waals surface area contributed by atoms with Crippen LogP contribution in [0.1, 0.15) is 146 Å². The van der Waals surface area contributed by atoms with E-state index in [1.807, 2.05) is 0 Å². The summed E-state index contributed by atoms with van der Waals surface area (Å²) in [7, 11) is 0. The molecule has 5 aliphatic carbocycles. The van der Waals surface area contributed by atoms with E-state index in [1.165, 1.54) is 24.8 Å². The number of β-amino-alcohol motifs (C(OH)–C–C–N with tert-alkyl or cyclic N) is 1. The van der Waals surface area contributed by atoms with Crippen LogP contribution in [0.5, 0.6) is 0 Å². The first-order chi connectivity index (χ1) is 22.7. The van der Waals surface area contributed by atoms with Crippen molar-refractivity contribution in [3.05, 3.63) is 11.1 Å². The zero-order valence-corrected chi connectivity index (χ0v) is 32.3. The lowest BCUT2D eigenvalue weighted by atomic mass is 9.33. The molecule has 0 amide bonds. The fourth-order valence-corrected chi connectivity index (χ4v) is 13.5. The number of carbonyl (C=O) groups is 3. The average Bonchev–Trinajstić information content (AvgIpc) is 3.32. The molecule has 7 heteroatoms. The molecule has 1 heterocycles. The zero-order valence-electron chi connectivity index (χ0n) is 32.3. The molecule has 0 radical (unpaired) electrons. The first-order valence-electron chi connectivity index (χ1n) is 19.9. The smallest absolute Gasteiger partial charge is 0.309 e. The maximum absolute atomic E-state index is 14.0. The highest BCUT2D eigenvalue weighted by Gasteiger charge is 2.70. The number of esters is 1. The van der Waals surface area contributed by atoms with Crippen LogP contribution in [-0.2, 0) is 19.1 Å². The molecule has 9 atom stereocenters. The number of hydrogen-bond donors (Lipinski definition) is 2. The Balaban J connectivity index is 1.29. The van der Waals surface area contributed by atoms with Gasteiger partial charge in [0, 0.05) is 23.8 Å². The van der Waals surface area contributed by atoms with Crippen molar-refractivity contribution >= 4 is 17.7 Å². The lowest BCUT2D eigenvalue weighted by Crippen LogP contribution is -2.66. The second-order valence-electron chi connectivity index (χ2n) is 19.9. The topological polar surface area (TPSA) is 104 Å². The van der Waals surface area contributed by atoms with Gasteiger partial charge in [-0.3, -0.25) is 14.4 Å². The minimum absolute atomic E-state index is 0.0359. The third-order valence-corrected chi connectivity index (χ3v) is 16.4. The van der Waals surface area contributed by atoms with Gasteiger partial charge in [-0.15, -0.1) is 0 Å². The molecule has 6 rings (SSSR count). The first kappa shape index (κ1) is 37.0. The Hall–Kier alpha value is -1.73. The van der Waals surface area contributed by atoms with Crippen LogP contribution in [0.4, 0.5) is 0 Å². The maximum Gasteiger partial charge on any atom is 0.309 e. The van der Waals surface area contributed by atoms with E-state index in [9.17, 15) is 24.6 Å². The highest BCUT2D eigenvalue weighted by atomic mass is 16.5. The molecule has 276 valence electrons. The van der Waals surface area contributed by atoms with Crippen molar-refractivity contribution in [2.75, 3.05) is 19.6 Å². The number of carbonyl (C=O) groups excluding carboxylic acids is 2. The van der Waals surface area contributed by atoms with E-state index in [0.717, 1.165) is 70.0 Å². The SMILES string of the molecule is CC(C)C1=C2[C@H]3CCC4[C@@]5(C)CC[C@H](OC(=O)CC(C)(C)C(=O)O)C(C)(C)C5CC[C@@]4(C)[C@]3(C)CC[C@@]2([C@H](O)CN2CCCCC2)CC1=O. The van der Waals surface area contributed by atoms with Gasteiger partial charge >= 0.3 is 11.9 Å². The second-order valence-corrected chi connectivity index (χ2v) is 19.9. The predicted octanol–water partition coefficient (Wildman–Crippen LogP) is 8.23. The molecule has 2 unspecified atom stereocenters. The number of ether oxygens (including phenoxy) is 1. The Bertz CT molecular complexity index is 1370. The van der Waals surface area contributed by atoms with E-state index in [1.54, 1.807) is 13.8 Å². The lowest BCUT2D eigenvalue weighted by Gasteiger charge is -2.72. The van der Waals surface area contributed by atoms with Gasteiger partial charge in [0.15, 0.2) is 5.78 Å². The predicted molar refractivity (Wildman–Crippen MR) is 192 cm³/mol. The standard InChI is InChI=1S/C42H67NO6/c1-26(2)34-28(44)23-42(31(45)25-43-21-11-10-12-22-43)20-19-40(8)27(35(34)42)13-14-30-39(7)17-16-32(49-33(46)24-37(3,4)36(47)48)38(5,6)29(39)15-18-41(30,40)9/h26-27,29-32,45H,10-25H2,1-9H3,(H,47,48)/t27-,29?,30?,31-,32+,39+,40-,41-,42+/m1/s1. The van der Waals surface area contributed by atoms with Crippen molar-refractivity contribution in [2.45, 2.75) is 158 Å². The summed E-state index contributed by atoms with van der Waals surface area (Å²) >= 11 is 0. The molecule has 0 bridgehead atoms. The Kier molecular flexibility index (Phi) is 9.41. The molecular weight excluding hydrogens is 614 g/mol. The molecule has 1 aliphatic heterocycles. The number of Topliss-reactive ketones (excluding diaryl/α,β-unsaturated/α-hetero) is 1. The van der Waals surface area contributed by atoms with E-state index in [4.69, 9.17) is 4.74 Å². The second kappa shape index (κ2) is 12.5. The van der Waals surface area contributed by atoms with Crippen molar-refractivity contribution < 1.29 is 29.3 Å². The summed E-state index contributed by atoms with van der Waals surface area (Å²) < 4.78 is 6.17. The molecule has 0 aromatic carbocycles. The van der Waals surface area contributed by atoms with Crippen molar-refractivity contribution in [2.24, 2.45) is 56.2 Å². The van der Waals surface area contributed by atoms with Gasteiger partial charge in [0.1, 0.15) is 6.10 Å². The van der Waals surface area contributed by atoms with E-state index >= 15 is 0 Å². The van der Waals surface area contributed by atoms with Crippen LogP contribution in [0.15, 0.2) is 11.1 Å². The molecule has 0 aromatic heterocycles. The normalized spacial score (nSPS) is 41.4. The van der Waals surface area contributed by atoms with Crippen LogP contribution in [0.3, 0.4) is 0 Å². The summed E-state index contributed by atoms with van der Waals surface area (Å²) in [5.41, 5.74) is 0.828. The Morgan fingerprint density at radius 3 is 2.20 bits per heavy atom. The van der Waals surface area contributed by atoms with Gasteiger partial charge in [0.25, 0.3) is 0 Å². The van der Waals surface area contributed by atoms with Crippen LogP contribution in [0.25, 0.3) is 0 Å². The first-order valence-corrected chi connectivity index (χ1v) is 19.9. The number of aliphatic hydroxyl groups excluding tert-OH is 1. The summed E-state index contributed by atoms with van der Waals surface area (Å²) in [5, 5.41) is 21.8. The van der Waals surface area contributed by atoms with Crippen LogP contribution >= 0.6 is 0 Å². The van der Waals surface area contributed by atoms with Gasteiger partial charge in [0.05, 0.1) is 17.9 Å². The summed E-state index contributed by atoms with van der Waals surface area (Å²) in [4.78, 5) is 41.3.